The van der Waals surface area contributed by atoms with Gasteiger partial charge in [-0.3, -0.25) is 0 Å². The maximum Gasteiger partial charge on any atom is 0.387 e. The topological polar surface area (TPSA) is 76.8 Å². The van der Waals surface area contributed by atoms with E-state index in [0.29, 0.717) is 11.4 Å². The summed E-state index contributed by atoms with van der Waals surface area (Å²) >= 11 is 4.82. The van der Waals surface area contributed by atoms with Gasteiger partial charge in [0.1, 0.15) is 11.6 Å². The first kappa shape index (κ1) is 12.4. The third-order valence-electron chi connectivity index (χ3n) is 2.00. The lowest BCUT2D eigenvalue weighted by Gasteiger charge is -2.06. The fourth-order valence-electron chi connectivity index (χ4n) is 1.36. The molecule has 0 aliphatic rings. The number of aromatic amines is 1. The third kappa shape index (κ3) is 2.98. The average Bonchev–Trinajstić information content (AvgIpc) is 2.27. The van der Waals surface area contributed by atoms with Crippen molar-refractivity contribution < 1.29 is 13.5 Å². The summed E-state index contributed by atoms with van der Waals surface area (Å²) in [6, 6.07) is 6.03. The summed E-state index contributed by atoms with van der Waals surface area (Å²) in [4.78, 5) is 10.3. The maximum absolute atomic E-state index is 12.1. The number of H-pyrrole nitrogens is 1. The molecule has 1 heterocycles. The van der Waals surface area contributed by atoms with Gasteiger partial charge in [0.05, 0.1) is 0 Å². The highest BCUT2D eigenvalue weighted by Gasteiger charge is 2.07. The number of anilines is 1. The second-order valence-corrected chi connectivity index (χ2v) is 3.64. The molecule has 1 aromatic carbocycles. The van der Waals surface area contributed by atoms with E-state index in [2.05, 4.69) is 19.7 Å². The first-order valence-electron chi connectivity index (χ1n) is 4.83. The first-order valence-corrected chi connectivity index (χ1v) is 5.24. The van der Waals surface area contributed by atoms with Gasteiger partial charge in [0.2, 0.25) is 10.7 Å². The van der Waals surface area contributed by atoms with E-state index < -0.39 is 6.61 Å². The van der Waals surface area contributed by atoms with Crippen LogP contribution in [-0.2, 0) is 0 Å². The summed E-state index contributed by atoms with van der Waals surface area (Å²) in [5, 5.41) is 0. The summed E-state index contributed by atoms with van der Waals surface area (Å²) in [7, 11) is 0. The molecule has 8 heteroatoms. The largest absolute Gasteiger partial charge is 0.435 e. The molecule has 0 aliphatic carbocycles. The SMILES string of the molecule is Nc1nc(=S)nc(-c2cccc(OC(F)F)c2)[nH]1. The lowest BCUT2D eigenvalue weighted by molar-refractivity contribution is -0.0498. The molecule has 0 fully saturated rings. The minimum atomic E-state index is -2.88. The Bertz CT molecular complexity index is 617. The number of hydrogen-bond acceptors (Lipinski definition) is 5. The van der Waals surface area contributed by atoms with Gasteiger partial charge in [-0.1, -0.05) is 12.1 Å². The van der Waals surface area contributed by atoms with Crippen molar-refractivity contribution >= 4 is 18.2 Å². The van der Waals surface area contributed by atoms with E-state index in [1.807, 2.05) is 0 Å². The quantitative estimate of drug-likeness (QED) is 0.837. The number of nitrogen functional groups attached to an aromatic ring is 1. The van der Waals surface area contributed by atoms with Gasteiger partial charge in [0, 0.05) is 5.56 Å². The number of rotatable bonds is 3. The number of benzene rings is 1. The zero-order valence-electron chi connectivity index (χ0n) is 8.93. The monoisotopic (exact) mass is 270 g/mol. The first-order chi connectivity index (χ1) is 8.54. The van der Waals surface area contributed by atoms with Crippen molar-refractivity contribution in [3.63, 3.8) is 0 Å². The van der Waals surface area contributed by atoms with E-state index in [-0.39, 0.29) is 16.5 Å². The van der Waals surface area contributed by atoms with Crippen LogP contribution in [0.5, 0.6) is 5.75 Å². The van der Waals surface area contributed by atoms with Gasteiger partial charge < -0.3 is 15.5 Å². The van der Waals surface area contributed by atoms with Crippen LogP contribution in [0.1, 0.15) is 0 Å². The van der Waals surface area contributed by atoms with E-state index in [9.17, 15) is 8.78 Å². The normalized spacial score (nSPS) is 10.6. The molecule has 2 aromatic rings. The smallest absolute Gasteiger partial charge is 0.387 e. The standard InChI is InChI=1S/C10H8F2N4OS/c11-8(12)17-6-3-1-2-5(4-6)7-14-9(13)16-10(18)15-7/h1-4,8H,(H3,13,14,15,16,18). The molecule has 0 unspecified atom stereocenters. The number of hydrogen-bond donors (Lipinski definition) is 2. The van der Waals surface area contributed by atoms with Gasteiger partial charge >= 0.3 is 6.61 Å². The molecule has 0 saturated heterocycles. The number of halogens is 2. The highest BCUT2D eigenvalue weighted by molar-refractivity contribution is 7.71. The highest BCUT2D eigenvalue weighted by Crippen LogP contribution is 2.22. The van der Waals surface area contributed by atoms with E-state index in [0.717, 1.165) is 0 Å². The van der Waals surface area contributed by atoms with Crippen LogP contribution in [0.4, 0.5) is 14.7 Å². The van der Waals surface area contributed by atoms with Crippen LogP contribution >= 0.6 is 12.2 Å². The molecular weight excluding hydrogens is 262 g/mol. The van der Waals surface area contributed by atoms with Gasteiger partial charge in [-0.05, 0) is 24.4 Å². The van der Waals surface area contributed by atoms with Crippen LogP contribution in [0.2, 0.25) is 0 Å². The molecule has 18 heavy (non-hydrogen) atoms. The number of nitrogens with one attached hydrogen (secondary N) is 1. The Labute approximate surface area is 106 Å². The Morgan fingerprint density at radius 2 is 2.11 bits per heavy atom. The molecule has 0 atom stereocenters. The Balaban J connectivity index is 2.41. The van der Waals surface area contributed by atoms with Crippen LogP contribution in [0.15, 0.2) is 24.3 Å². The van der Waals surface area contributed by atoms with Crippen LogP contribution in [0, 0.1) is 4.77 Å². The van der Waals surface area contributed by atoms with E-state index in [4.69, 9.17) is 18.0 Å². The Kier molecular flexibility index (Phi) is 3.47. The molecule has 0 radical (unpaired) electrons. The number of aromatic nitrogens is 3. The lowest BCUT2D eigenvalue weighted by Crippen LogP contribution is -2.03. The van der Waals surface area contributed by atoms with E-state index in [1.54, 1.807) is 12.1 Å². The molecule has 0 aliphatic heterocycles. The molecule has 0 spiro atoms. The molecule has 0 bridgehead atoms. The Hall–Kier alpha value is -2.09. The summed E-state index contributed by atoms with van der Waals surface area (Å²) in [5.41, 5.74) is 6.01. The van der Waals surface area contributed by atoms with Crippen LogP contribution in [0.3, 0.4) is 0 Å². The minimum absolute atomic E-state index is 0.0269. The second kappa shape index (κ2) is 5.05. The lowest BCUT2D eigenvalue weighted by atomic mass is 10.2. The van der Waals surface area contributed by atoms with Crippen molar-refractivity contribution in [2.24, 2.45) is 0 Å². The number of alkyl halides is 2. The summed E-state index contributed by atoms with van der Waals surface area (Å²) in [6.07, 6.45) is 0. The van der Waals surface area contributed by atoms with Crippen LogP contribution in [0.25, 0.3) is 11.4 Å². The summed E-state index contributed by atoms with van der Waals surface area (Å²) < 4.78 is 28.5. The Morgan fingerprint density at radius 1 is 1.33 bits per heavy atom. The molecule has 2 rings (SSSR count). The molecule has 1 aromatic heterocycles. The molecular formula is C10H8F2N4OS. The third-order valence-corrected chi connectivity index (χ3v) is 2.19. The predicted octanol–water partition coefficient (Wildman–Crippen LogP) is 2.38. The van der Waals surface area contributed by atoms with Crippen molar-refractivity contribution in [1.29, 1.82) is 0 Å². The highest BCUT2D eigenvalue weighted by atomic mass is 32.1. The molecule has 0 saturated carbocycles. The number of ether oxygens (including phenoxy) is 1. The van der Waals surface area contributed by atoms with Gasteiger partial charge in [0.25, 0.3) is 0 Å². The predicted molar refractivity (Wildman–Crippen MR) is 63.7 cm³/mol. The average molecular weight is 270 g/mol. The summed E-state index contributed by atoms with van der Waals surface area (Å²) in [6.45, 7) is -2.88. The fraction of sp³-hybridized carbons (Fsp3) is 0.100. The van der Waals surface area contributed by atoms with Gasteiger partial charge in [-0.25, -0.2) is 4.98 Å². The van der Waals surface area contributed by atoms with Crippen molar-refractivity contribution in [2.45, 2.75) is 6.61 Å². The van der Waals surface area contributed by atoms with Gasteiger partial charge in [-0.2, -0.15) is 13.8 Å². The van der Waals surface area contributed by atoms with Crippen molar-refractivity contribution in [3.05, 3.63) is 29.0 Å². The number of nitrogens with two attached hydrogens (primary N) is 1. The van der Waals surface area contributed by atoms with Crippen molar-refractivity contribution in [3.8, 4) is 17.1 Å². The van der Waals surface area contributed by atoms with Crippen LogP contribution in [-0.4, -0.2) is 21.6 Å². The zero-order chi connectivity index (χ0) is 13.1. The molecule has 0 amide bonds. The molecule has 94 valence electrons. The second-order valence-electron chi connectivity index (χ2n) is 3.27. The van der Waals surface area contributed by atoms with E-state index in [1.165, 1.54) is 12.1 Å². The van der Waals surface area contributed by atoms with E-state index >= 15 is 0 Å². The van der Waals surface area contributed by atoms with Gasteiger partial charge in [0.15, 0.2) is 0 Å². The van der Waals surface area contributed by atoms with Crippen molar-refractivity contribution in [2.75, 3.05) is 5.73 Å². The summed E-state index contributed by atoms with van der Waals surface area (Å²) in [5.74, 6) is 0.469. The fourth-order valence-corrected chi connectivity index (χ4v) is 1.55. The molecule has 3 N–H and O–H groups in total. The van der Waals surface area contributed by atoms with Crippen LogP contribution < -0.4 is 10.5 Å². The number of nitrogens with zero attached hydrogens (tertiary/aromatic N) is 2. The maximum atomic E-state index is 12.1. The zero-order valence-corrected chi connectivity index (χ0v) is 9.75. The van der Waals surface area contributed by atoms with Crippen molar-refractivity contribution in [1.82, 2.24) is 15.0 Å². The molecule has 5 nitrogen and oxygen atoms in total. The van der Waals surface area contributed by atoms with Gasteiger partial charge in [-0.15, -0.1) is 0 Å². The minimum Gasteiger partial charge on any atom is -0.435 e. The Morgan fingerprint density at radius 3 is 2.78 bits per heavy atom.